The second-order valence-corrected chi connectivity index (χ2v) is 2.00. The first-order chi connectivity index (χ1) is 6.63. The first-order valence-electron chi connectivity index (χ1n) is 3.19. The molecule has 0 heterocycles. The second-order valence-electron chi connectivity index (χ2n) is 2.00. The van der Waals surface area contributed by atoms with E-state index in [1.165, 1.54) is 12.1 Å². The van der Waals surface area contributed by atoms with E-state index in [0.29, 0.717) is 0 Å². The molecule has 0 amide bonds. The maximum atomic E-state index is 10.2. The molecule has 0 radical (unpaired) electrons. The van der Waals surface area contributed by atoms with Crippen LogP contribution >= 0.6 is 0 Å². The van der Waals surface area contributed by atoms with Gasteiger partial charge in [0, 0.05) is 12.1 Å². The van der Waals surface area contributed by atoms with Crippen molar-refractivity contribution in [2.75, 3.05) is 0 Å². The number of nitrogens with two attached hydrogens (primary N) is 1. The summed E-state index contributed by atoms with van der Waals surface area (Å²) in [4.78, 5) is 18.9. The fourth-order valence-electron chi connectivity index (χ4n) is 0.773. The molecule has 0 saturated carbocycles. The molecule has 0 unspecified atom stereocenters. The predicted octanol–water partition coefficient (Wildman–Crippen LogP) is 0.910. The number of nitrogens with zero attached hydrogens (tertiary/aromatic N) is 2. The molecule has 1 rings (SSSR count). The Morgan fingerprint density at radius 3 is 1.50 bits per heavy atom. The summed E-state index contributed by atoms with van der Waals surface area (Å²) >= 11 is 1.64. The van der Waals surface area contributed by atoms with Crippen molar-refractivity contribution in [2.24, 2.45) is 4.29 Å². The second kappa shape index (κ2) is 6.17. The molecule has 0 aliphatic heterocycles. The molecule has 0 aliphatic carbocycles. The van der Waals surface area contributed by atoms with Crippen molar-refractivity contribution < 1.29 is 29.9 Å². The summed E-state index contributed by atoms with van der Waals surface area (Å²) in [5.74, 6) is 0. The van der Waals surface area contributed by atoms with Gasteiger partial charge in [0.2, 0.25) is 0 Å². The molecular weight excluding hydrogens is 373 g/mol. The minimum absolute atomic E-state index is 0.484. The molecular formula is C6H6N3O4Pt. The van der Waals surface area contributed by atoms with E-state index in [-0.39, 0.29) is 0 Å². The van der Waals surface area contributed by atoms with E-state index in [2.05, 4.69) is 4.29 Å². The predicted molar refractivity (Wildman–Crippen MR) is 43.9 cm³/mol. The van der Waals surface area contributed by atoms with Gasteiger partial charge in [-0.05, 0) is 0 Å². The van der Waals surface area contributed by atoms with Crippen LogP contribution in [0.3, 0.4) is 0 Å². The van der Waals surface area contributed by atoms with Gasteiger partial charge in [0.15, 0.2) is 0 Å². The Morgan fingerprint density at radius 2 is 1.29 bits per heavy atom. The first-order valence-corrected chi connectivity index (χ1v) is 4.50. The van der Waals surface area contributed by atoms with E-state index in [0.717, 1.165) is 12.1 Å². The molecule has 14 heavy (non-hydrogen) atoms. The van der Waals surface area contributed by atoms with Gasteiger partial charge >= 0.3 is 35.7 Å². The van der Waals surface area contributed by atoms with E-state index < -0.39 is 21.2 Å². The Bertz CT molecular complexity index is 311. The van der Waals surface area contributed by atoms with Crippen molar-refractivity contribution in [3.63, 3.8) is 0 Å². The monoisotopic (exact) mass is 379 g/mol. The summed E-state index contributed by atoms with van der Waals surface area (Å²) in [5, 5.41) is 20.5. The fraction of sp³-hybridized carbons (Fsp3) is 0. The molecule has 0 aliphatic rings. The summed E-state index contributed by atoms with van der Waals surface area (Å²) in [7, 11) is 0. The van der Waals surface area contributed by atoms with Crippen LogP contribution in [0.25, 0.3) is 0 Å². The van der Waals surface area contributed by atoms with E-state index >= 15 is 0 Å². The molecule has 0 aromatic heterocycles. The Morgan fingerprint density at radius 1 is 1.00 bits per heavy atom. The van der Waals surface area contributed by atoms with Crippen molar-refractivity contribution in [1.29, 1.82) is 0 Å². The number of rotatable bonds is 2. The average molecular weight is 379 g/mol. The van der Waals surface area contributed by atoms with Crippen molar-refractivity contribution in [2.45, 2.75) is 0 Å². The van der Waals surface area contributed by atoms with Crippen molar-refractivity contribution in [3.05, 3.63) is 44.5 Å². The number of hydrogen-bond acceptors (Lipinski definition) is 5. The van der Waals surface area contributed by atoms with Crippen LogP contribution in [0.15, 0.2) is 24.3 Å². The standard InChI is InChI=1S/C6H4N2O4.H2N.Pt/c9-7(10)5-3-1-2-4-6(5)8(11)12;;/h1-4H;1H2;/q;-1;+1. The molecule has 1 aromatic rings. The number of para-hydroxylation sites is 2. The summed E-state index contributed by atoms with van der Waals surface area (Å²) < 4.78 is 4.47. The van der Waals surface area contributed by atoms with Gasteiger partial charge in [0.1, 0.15) is 0 Å². The average Bonchev–Trinajstić information content (AvgIpc) is 2.20. The zero-order valence-electron chi connectivity index (χ0n) is 6.73. The first kappa shape index (κ1) is 12.7. The van der Waals surface area contributed by atoms with E-state index in [4.69, 9.17) is 0 Å². The quantitative estimate of drug-likeness (QED) is 0.606. The van der Waals surface area contributed by atoms with Gasteiger partial charge in [-0.2, -0.15) is 0 Å². The Hall–Kier alpha value is -1.33. The van der Waals surface area contributed by atoms with Crippen LogP contribution in [0.1, 0.15) is 0 Å². The Kier molecular flexibility index (Phi) is 5.59. The topological polar surface area (TPSA) is 112 Å². The van der Waals surface area contributed by atoms with Crippen LogP contribution in [-0.4, -0.2) is 9.85 Å². The van der Waals surface area contributed by atoms with Crippen molar-refractivity contribution in [1.82, 2.24) is 0 Å². The molecule has 7 nitrogen and oxygen atoms in total. The molecule has 0 fully saturated rings. The normalized spacial score (nSPS) is 8.50. The van der Waals surface area contributed by atoms with Crippen LogP contribution in [0.4, 0.5) is 11.4 Å². The van der Waals surface area contributed by atoms with Crippen LogP contribution in [-0.2, 0) is 20.1 Å². The third kappa shape index (κ3) is 3.19. The molecule has 0 saturated heterocycles. The van der Waals surface area contributed by atoms with Gasteiger partial charge in [-0.3, -0.25) is 20.2 Å². The SMILES string of the molecule is O=[N+]([O-])c1ccccc1[N+](=O)[O-].[NH2][Pt]. The van der Waals surface area contributed by atoms with Crippen molar-refractivity contribution >= 4 is 11.4 Å². The van der Waals surface area contributed by atoms with Crippen molar-refractivity contribution in [3.8, 4) is 0 Å². The zero-order valence-corrected chi connectivity index (χ0v) is 9.00. The van der Waals surface area contributed by atoms with Crippen LogP contribution in [0.5, 0.6) is 0 Å². The summed E-state index contributed by atoms with van der Waals surface area (Å²) in [6.07, 6.45) is 0. The van der Waals surface area contributed by atoms with Gasteiger partial charge in [0.05, 0.1) is 9.85 Å². The number of nitro benzene ring substituents is 2. The molecule has 79 valence electrons. The van der Waals surface area contributed by atoms with Gasteiger partial charge in [-0.25, -0.2) is 0 Å². The third-order valence-electron chi connectivity index (χ3n) is 1.28. The third-order valence-corrected chi connectivity index (χ3v) is 1.28. The van der Waals surface area contributed by atoms with Crippen LogP contribution in [0, 0.1) is 20.2 Å². The van der Waals surface area contributed by atoms with E-state index in [1.54, 1.807) is 20.1 Å². The van der Waals surface area contributed by atoms with Gasteiger partial charge in [-0.15, -0.1) is 0 Å². The van der Waals surface area contributed by atoms with Gasteiger partial charge in [-0.1, -0.05) is 12.1 Å². The summed E-state index contributed by atoms with van der Waals surface area (Å²) in [5.41, 5.74) is -0.968. The maximum absolute atomic E-state index is 10.2. The molecule has 8 heteroatoms. The Labute approximate surface area is 90.4 Å². The molecule has 0 bridgehead atoms. The summed E-state index contributed by atoms with van der Waals surface area (Å²) in [6, 6.07) is 4.95. The molecule has 0 spiro atoms. The molecule has 1 aromatic carbocycles. The van der Waals surface area contributed by atoms with Gasteiger partial charge < -0.3 is 0 Å². The van der Waals surface area contributed by atoms with Crippen LogP contribution in [0.2, 0.25) is 0 Å². The van der Waals surface area contributed by atoms with E-state index in [9.17, 15) is 20.2 Å². The zero-order chi connectivity index (χ0) is 11.1. The van der Waals surface area contributed by atoms with Crippen LogP contribution < -0.4 is 4.29 Å². The number of hydrogen-bond donors (Lipinski definition) is 1. The van der Waals surface area contributed by atoms with Gasteiger partial charge in [0.25, 0.3) is 0 Å². The Balaban J connectivity index is 0.000000791. The molecule has 2 N–H and O–H groups in total. The number of nitro groups is 2. The fourth-order valence-corrected chi connectivity index (χ4v) is 0.773. The van der Waals surface area contributed by atoms with E-state index in [1.807, 2.05) is 0 Å². The summed E-state index contributed by atoms with van der Waals surface area (Å²) in [6.45, 7) is 0. The molecule has 0 atom stereocenters. The number of benzene rings is 1. The minimum atomic E-state index is -0.780.